The topological polar surface area (TPSA) is 20.2 Å². The Bertz CT molecular complexity index is 235. The molecule has 0 heterocycles. The summed E-state index contributed by atoms with van der Waals surface area (Å²) < 4.78 is 36.1. The van der Waals surface area contributed by atoms with E-state index in [1.54, 1.807) is 0 Å². The van der Waals surface area contributed by atoms with E-state index >= 15 is 0 Å². The summed E-state index contributed by atoms with van der Waals surface area (Å²) in [6.45, 7) is 4.23. The van der Waals surface area contributed by atoms with E-state index in [1.807, 2.05) is 0 Å². The van der Waals surface area contributed by atoms with Gasteiger partial charge in [-0.3, -0.25) is 0 Å². The summed E-state index contributed by atoms with van der Waals surface area (Å²) >= 11 is 0. The van der Waals surface area contributed by atoms with Crippen molar-refractivity contribution >= 4 is 0 Å². The maximum absolute atomic E-state index is 12.0. The second-order valence-corrected chi connectivity index (χ2v) is 5.92. The molecule has 2 unspecified atom stereocenters. The molecule has 0 saturated heterocycles. The van der Waals surface area contributed by atoms with Crippen molar-refractivity contribution in [3.63, 3.8) is 0 Å². The van der Waals surface area contributed by atoms with Gasteiger partial charge in [0.2, 0.25) is 0 Å². The minimum absolute atomic E-state index is 0.0389. The zero-order valence-electron chi connectivity index (χ0n) is 10.7. The molecule has 0 amide bonds. The molecule has 1 aliphatic rings. The van der Waals surface area contributed by atoms with Crippen LogP contribution in [0.5, 0.6) is 0 Å². The third-order valence-electron chi connectivity index (χ3n) is 4.01. The molecule has 1 nitrogen and oxygen atoms in total. The van der Waals surface area contributed by atoms with Gasteiger partial charge in [-0.25, -0.2) is 0 Å². The zero-order chi connectivity index (χ0) is 13.1. The van der Waals surface area contributed by atoms with Gasteiger partial charge in [0.05, 0.1) is 6.10 Å². The Morgan fingerprint density at radius 3 is 2.47 bits per heavy atom. The van der Waals surface area contributed by atoms with Crippen LogP contribution in [0.2, 0.25) is 0 Å². The first-order valence-corrected chi connectivity index (χ1v) is 6.47. The summed E-state index contributed by atoms with van der Waals surface area (Å²) in [4.78, 5) is 0. The van der Waals surface area contributed by atoms with Gasteiger partial charge in [0.15, 0.2) is 0 Å². The third-order valence-corrected chi connectivity index (χ3v) is 4.01. The van der Waals surface area contributed by atoms with Gasteiger partial charge in [-0.1, -0.05) is 26.7 Å². The van der Waals surface area contributed by atoms with E-state index in [4.69, 9.17) is 0 Å². The molecule has 1 saturated carbocycles. The van der Waals surface area contributed by atoms with Crippen LogP contribution in [-0.4, -0.2) is 17.4 Å². The van der Waals surface area contributed by atoms with E-state index < -0.39 is 18.7 Å². The highest BCUT2D eigenvalue weighted by Crippen LogP contribution is 2.43. The predicted molar refractivity (Wildman–Crippen MR) is 61.7 cm³/mol. The number of alkyl halides is 3. The Morgan fingerprint density at radius 1 is 1.29 bits per heavy atom. The van der Waals surface area contributed by atoms with Gasteiger partial charge >= 0.3 is 6.18 Å². The summed E-state index contributed by atoms with van der Waals surface area (Å²) in [5.41, 5.74) is 0.0654. The van der Waals surface area contributed by atoms with Gasteiger partial charge in [0.1, 0.15) is 0 Å². The minimum Gasteiger partial charge on any atom is -0.393 e. The average Bonchev–Trinajstić information content (AvgIpc) is 2.14. The van der Waals surface area contributed by atoms with E-state index in [1.165, 1.54) is 6.42 Å². The number of rotatable bonds is 4. The molecule has 0 aromatic rings. The molecule has 1 fully saturated rings. The molecular formula is C13H23F3O. The molecule has 1 N–H and O–H groups in total. The lowest BCUT2D eigenvalue weighted by atomic mass is 9.66. The van der Waals surface area contributed by atoms with Crippen LogP contribution in [0.3, 0.4) is 0 Å². The SMILES string of the molecule is CC1(C)CCCCC1C(O)CCCC(F)(F)F. The van der Waals surface area contributed by atoms with E-state index in [9.17, 15) is 18.3 Å². The molecule has 17 heavy (non-hydrogen) atoms. The van der Waals surface area contributed by atoms with Crippen molar-refractivity contribution in [3.05, 3.63) is 0 Å². The van der Waals surface area contributed by atoms with Crippen LogP contribution in [0, 0.1) is 11.3 Å². The lowest BCUT2D eigenvalue weighted by Crippen LogP contribution is -2.36. The molecule has 1 aliphatic carbocycles. The number of hydrogen-bond acceptors (Lipinski definition) is 1. The summed E-state index contributed by atoms with van der Waals surface area (Å²) in [7, 11) is 0. The molecule has 2 atom stereocenters. The van der Waals surface area contributed by atoms with Crippen molar-refractivity contribution in [3.8, 4) is 0 Å². The fraction of sp³-hybridized carbons (Fsp3) is 1.00. The molecule has 4 heteroatoms. The molecule has 1 rings (SSSR count). The van der Waals surface area contributed by atoms with Crippen LogP contribution in [0.1, 0.15) is 58.8 Å². The van der Waals surface area contributed by atoms with Crippen molar-refractivity contribution < 1.29 is 18.3 Å². The van der Waals surface area contributed by atoms with Crippen LogP contribution in [0.15, 0.2) is 0 Å². The predicted octanol–water partition coefficient (Wildman–Crippen LogP) is 4.30. The Hall–Kier alpha value is -0.250. The molecule has 0 aliphatic heterocycles. The van der Waals surface area contributed by atoms with Gasteiger partial charge < -0.3 is 5.11 Å². The second kappa shape index (κ2) is 5.59. The highest BCUT2D eigenvalue weighted by Gasteiger charge is 2.37. The average molecular weight is 252 g/mol. The Balaban J connectivity index is 2.38. The fourth-order valence-corrected chi connectivity index (χ4v) is 2.95. The number of hydrogen-bond donors (Lipinski definition) is 1. The van der Waals surface area contributed by atoms with Crippen LogP contribution >= 0.6 is 0 Å². The van der Waals surface area contributed by atoms with Crippen molar-refractivity contribution in [2.24, 2.45) is 11.3 Å². The number of aliphatic hydroxyl groups is 1. The van der Waals surface area contributed by atoms with E-state index in [0.29, 0.717) is 0 Å². The third kappa shape index (κ3) is 4.86. The van der Waals surface area contributed by atoms with E-state index in [-0.39, 0.29) is 24.2 Å². The zero-order valence-corrected chi connectivity index (χ0v) is 10.7. The van der Waals surface area contributed by atoms with Crippen LogP contribution in [-0.2, 0) is 0 Å². The molecule has 0 bridgehead atoms. The molecular weight excluding hydrogens is 229 g/mol. The maximum Gasteiger partial charge on any atom is 0.389 e. The first kappa shape index (κ1) is 14.8. The van der Waals surface area contributed by atoms with Crippen LogP contribution < -0.4 is 0 Å². The van der Waals surface area contributed by atoms with Crippen molar-refractivity contribution in [1.29, 1.82) is 0 Å². The summed E-state index contributed by atoms with van der Waals surface area (Å²) in [5.74, 6) is 0.157. The standard InChI is InChI=1S/C13H23F3O/c1-12(2)8-4-3-6-10(12)11(17)7-5-9-13(14,15)16/h10-11,17H,3-9H2,1-2H3. The number of aliphatic hydroxyl groups excluding tert-OH is 1. The molecule has 102 valence electrons. The van der Waals surface area contributed by atoms with Crippen LogP contribution in [0.4, 0.5) is 13.2 Å². The highest BCUT2D eigenvalue weighted by molar-refractivity contribution is 4.87. The second-order valence-electron chi connectivity index (χ2n) is 5.92. The van der Waals surface area contributed by atoms with Gasteiger partial charge in [-0.2, -0.15) is 13.2 Å². The lowest BCUT2D eigenvalue weighted by molar-refractivity contribution is -0.137. The van der Waals surface area contributed by atoms with Crippen LogP contribution in [0.25, 0.3) is 0 Å². The largest absolute Gasteiger partial charge is 0.393 e. The summed E-state index contributed by atoms with van der Waals surface area (Å²) in [6.07, 6.45) is -0.881. The number of halogens is 3. The quantitative estimate of drug-likeness (QED) is 0.791. The molecule has 0 aromatic carbocycles. The first-order valence-electron chi connectivity index (χ1n) is 6.47. The van der Waals surface area contributed by atoms with Gasteiger partial charge in [-0.05, 0) is 37.0 Å². The van der Waals surface area contributed by atoms with Gasteiger partial charge in [-0.15, -0.1) is 0 Å². The molecule has 0 spiro atoms. The van der Waals surface area contributed by atoms with Crippen molar-refractivity contribution in [2.75, 3.05) is 0 Å². The summed E-state index contributed by atoms with van der Waals surface area (Å²) in [5, 5.41) is 10.0. The molecule has 0 radical (unpaired) electrons. The smallest absolute Gasteiger partial charge is 0.389 e. The Morgan fingerprint density at radius 2 is 1.94 bits per heavy atom. The Labute approximate surface area is 101 Å². The van der Waals surface area contributed by atoms with E-state index in [0.717, 1.165) is 19.3 Å². The Kier molecular flexibility index (Phi) is 4.87. The fourth-order valence-electron chi connectivity index (χ4n) is 2.95. The van der Waals surface area contributed by atoms with Crippen molar-refractivity contribution in [2.45, 2.75) is 71.1 Å². The maximum atomic E-state index is 12.0. The monoisotopic (exact) mass is 252 g/mol. The van der Waals surface area contributed by atoms with Gasteiger partial charge in [0, 0.05) is 6.42 Å². The van der Waals surface area contributed by atoms with E-state index in [2.05, 4.69) is 13.8 Å². The normalized spacial score (nSPS) is 26.8. The lowest BCUT2D eigenvalue weighted by Gasteiger charge is -2.41. The van der Waals surface area contributed by atoms with Gasteiger partial charge in [0.25, 0.3) is 0 Å². The molecule has 0 aromatic heterocycles. The van der Waals surface area contributed by atoms with Crippen molar-refractivity contribution in [1.82, 2.24) is 0 Å². The summed E-state index contributed by atoms with van der Waals surface area (Å²) in [6, 6.07) is 0. The first-order chi connectivity index (χ1) is 7.72. The minimum atomic E-state index is -4.10. The highest BCUT2D eigenvalue weighted by atomic mass is 19.4.